The van der Waals surface area contributed by atoms with Crippen LogP contribution in [0.15, 0.2) is 48.5 Å². The first-order valence-corrected chi connectivity index (χ1v) is 12.1. The lowest BCUT2D eigenvalue weighted by Gasteiger charge is -2.35. The number of amides is 2. The minimum Gasteiger partial charge on any atom is -0.480 e. The Labute approximate surface area is 205 Å². The van der Waals surface area contributed by atoms with Crippen molar-refractivity contribution < 1.29 is 29.0 Å². The van der Waals surface area contributed by atoms with Crippen molar-refractivity contribution in [2.45, 2.75) is 50.1 Å². The minimum absolute atomic E-state index is 0.0112. The van der Waals surface area contributed by atoms with Crippen LogP contribution in [0.1, 0.15) is 49.1 Å². The smallest absolute Gasteiger partial charge is 0.407 e. The number of hydrogen-bond acceptors (Lipinski definition) is 5. The van der Waals surface area contributed by atoms with Gasteiger partial charge in [0.2, 0.25) is 5.91 Å². The van der Waals surface area contributed by atoms with E-state index in [-0.39, 0.29) is 36.8 Å². The predicted octanol–water partition coefficient (Wildman–Crippen LogP) is 3.69. The van der Waals surface area contributed by atoms with Crippen molar-refractivity contribution in [2.24, 2.45) is 5.92 Å². The summed E-state index contributed by atoms with van der Waals surface area (Å²) < 4.78 is 10.5. The van der Waals surface area contributed by atoms with E-state index in [0.717, 1.165) is 11.1 Å². The number of hydrogen-bond donors (Lipinski definition) is 3. The Morgan fingerprint density at radius 1 is 1.03 bits per heavy atom. The summed E-state index contributed by atoms with van der Waals surface area (Å²) in [7, 11) is 1.55. The maximum atomic E-state index is 12.4. The molecule has 4 rings (SSSR count). The second-order valence-electron chi connectivity index (χ2n) is 9.30. The minimum atomic E-state index is -1.04. The summed E-state index contributed by atoms with van der Waals surface area (Å²) in [6.45, 7) is 0.712. The Hall–Kier alpha value is -3.39. The third kappa shape index (κ3) is 6.00. The van der Waals surface area contributed by atoms with E-state index in [1.165, 1.54) is 11.1 Å². The van der Waals surface area contributed by atoms with E-state index in [1.54, 1.807) is 7.11 Å². The molecule has 2 amide bonds. The molecule has 186 valence electrons. The molecule has 1 fully saturated rings. The van der Waals surface area contributed by atoms with Gasteiger partial charge < -0.3 is 25.2 Å². The summed E-state index contributed by atoms with van der Waals surface area (Å²) in [6.07, 6.45) is 2.01. The number of benzene rings is 2. The van der Waals surface area contributed by atoms with Crippen molar-refractivity contribution in [3.63, 3.8) is 0 Å². The van der Waals surface area contributed by atoms with Gasteiger partial charge in [-0.15, -0.1) is 0 Å². The molecule has 8 nitrogen and oxygen atoms in total. The number of fused-ring (bicyclic) bond motifs is 3. The van der Waals surface area contributed by atoms with Crippen molar-refractivity contribution in [3.8, 4) is 11.1 Å². The van der Waals surface area contributed by atoms with Crippen LogP contribution < -0.4 is 10.6 Å². The average Bonchev–Trinajstić information content (AvgIpc) is 3.14. The molecule has 35 heavy (non-hydrogen) atoms. The number of alkyl carbamates (subject to hydrolysis) is 1. The number of carboxylic acid groups (broad SMARTS) is 1. The van der Waals surface area contributed by atoms with Crippen molar-refractivity contribution in [2.75, 3.05) is 20.3 Å². The van der Waals surface area contributed by atoms with Crippen LogP contribution in [-0.4, -0.2) is 55.5 Å². The topological polar surface area (TPSA) is 114 Å². The van der Waals surface area contributed by atoms with E-state index in [2.05, 4.69) is 34.9 Å². The van der Waals surface area contributed by atoms with Crippen LogP contribution in [0.4, 0.5) is 4.79 Å². The first-order valence-electron chi connectivity index (χ1n) is 12.1. The van der Waals surface area contributed by atoms with Crippen LogP contribution >= 0.6 is 0 Å². The van der Waals surface area contributed by atoms with E-state index >= 15 is 0 Å². The van der Waals surface area contributed by atoms with Gasteiger partial charge in [0.15, 0.2) is 0 Å². The Morgan fingerprint density at radius 3 is 2.26 bits per heavy atom. The molecule has 1 atom stereocenters. The Balaban J connectivity index is 1.19. The van der Waals surface area contributed by atoms with Crippen molar-refractivity contribution in [1.82, 2.24) is 10.6 Å². The number of carboxylic acids is 1. The zero-order valence-corrected chi connectivity index (χ0v) is 19.9. The van der Waals surface area contributed by atoms with Gasteiger partial charge in [0.05, 0.1) is 0 Å². The highest BCUT2D eigenvalue weighted by molar-refractivity contribution is 5.83. The van der Waals surface area contributed by atoms with E-state index < -0.39 is 18.1 Å². The summed E-state index contributed by atoms with van der Waals surface area (Å²) in [5.41, 5.74) is 4.69. The third-order valence-electron chi connectivity index (χ3n) is 6.85. The van der Waals surface area contributed by atoms with E-state index in [9.17, 15) is 19.5 Å². The van der Waals surface area contributed by atoms with Gasteiger partial charge in [-0.1, -0.05) is 48.5 Å². The molecule has 0 aliphatic heterocycles. The Kier molecular flexibility index (Phi) is 8.02. The molecule has 0 saturated heterocycles. The second kappa shape index (κ2) is 11.4. The number of rotatable bonds is 11. The van der Waals surface area contributed by atoms with Crippen LogP contribution in [0, 0.1) is 5.92 Å². The van der Waals surface area contributed by atoms with Gasteiger partial charge in [-0.3, -0.25) is 4.79 Å². The molecule has 3 N–H and O–H groups in total. The zero-order valence-electron chi connectivity index (χ0n) is 19.9. The molecule has 0 aromatic heterocycles. The SMILES string of the molecule is COCCCC(NC(=O)CC1CC(NC(=O)OCC2c3ccccc3-c3ccccc32)C1)C(=O)O. The number of ether oxygens (including phenoxy) is 2. The molecule has 2 aromatic carbocycles. The largest absolute Gasteiger partial charge is 0.480 e. The number of carbonyl (C=O) groups excluding carboxylic acids is 2. The molecular formula is C27H32N2O6. The third-order valence-corrected chi connectivity index (χ3v) is 6.85. The van der Waals surface area contributed by atoms with Crippen LogP contribution in [-0.2, 0) is 19.1 Å². The maximum absolute atomic E-state index is 12.4. The monoisotopic (exact) mass is 480 g/mol. The molecule has 2 aromatic rings. The van der Waals surface area contributed by atoms with Gasteiger partial charge in [-0.25, -0.2) is 9.59 Å². The van der Waals surface area contributed by atoms with E-state index in [0.29, 0.717) is 32.3 Å². The molecule has 0 spiro atoms. The second-order valence-corrected chi connectivity index (χ2v) is 9.30. The molecule has 1 unspecified atom stereocenters. The summed E-state index contributed by atoms with van der Waals surface area (Å²) in [6, 6.07) is 15.4. The van der Waals surface area contributed by atoms with Crippen LogP contribution in [0.2, 0.25) is 0 Å². The van der Waals surface area contributed by atoms with Crippen molar-refractivity contribution in [3.05, 3.63) is 59.7 Å². The highest BCUT2D eigenvalue weighted by Gasteiger charge is 2.34. The standard InChI is InChI=1S/C27H32N2O6/c1-34-12-6-11-24(26(31)32)29-25(30)15-17-13-18(14-17)28-27(33)35-16-23-21-9-4-2-7-19(21)20-8-3-5-10-22(20)23/h2-5,7-10,17-18,23-24H,6,11-16H2,1H3,(H,28,33)(H,29,30)(H,31,32). The van der Waals surface area contributed by atoms with E-state index in [4.69, 9.17) is 9.47 Å². The fraction of sp³-hybridized carbons (Fsp3) is 0.444. The van der Waals surface area contributed by atoms with Crippen molar-refractivity contribution >= 4 is 18.0 Å². The van der Waals surface area contributed by atoms with E-state index in [1.807, 2.05) is 24.3 Å². The highest BCUT2D eigenvalue weighted by atomic mass is 16.5. The first kappa shape index (κ1) is 24.7. The zero-order chi connectivity index (χ0) is 24.8. The van der Waals surface area contributed by atoms with Crippen LogP contribution in [0.5, 0.6) is 0 Å². The number of nitrogens with one attached hydrogen (secondary N) is 2. The Bertz CT molecular complexity index is 1020. The maximum Gasteiger partial charge on any atom is 0.407 e. The molecular weight excluding hydrogens is 448 g/mol. The van der Waals surface area contributed by atoms with Gasteiger partial charge in [0, 0.05) is 32.1 Å². The number of methoxy groups -OCH3 is 1. The molecule has 8 heteroatoms. The summed E-state index contributed by atoms with van der Waals surface area (Å²) in [4.78, 5) is 36.0. The lowest BCUT2D eigenvalue weighted by molar-refractivity contribution is -0.142. The van der Waals surface area contributed by atoms with Gasteiger partial charge in [0.1, 0.15) is 12.6 Å². The van der Waals surface area contributed by atoms with Gasteiger partial charge in [-0.05, 0) is 53.9 Å². The number of carbonyl (C=O) groups is 3. The molecule has 2 aliphatic carbocycles. The molecule has 0 radical (unpaired) electrons. The van der Waals surface area contributed by atoms with Gasteiger partial charge in [-0.2, -0.15) is 0 Å². The average molecular weight is 481 g/mol. The fourth-order valence-electron chi connectivity index (χ4n) is 5.03. The molecule has 2 aliphatic rings. The molecule has 0 heterocycles. The summed E-state index contributed by atoms with van der Waals surface area (Å²) >= 11 is 0. The predicted molar refractivity (Wildman–Crippen MR) is 130 cm³/mol. The highest BCUT2D eigenvalue weighted by Crippen LogP contribution is 2.44. The Morgan fingerprint density at radius 2 is 1.66 bits per heavy atom. The summed E-state index contributed by atoms with van der Waals surface area (Å²) in [5, 5.41) is 14.8. The lowest BCUT2D eigenvalue weighted by Crippen LogP contribution is -2.47. The quantitative estimate of drug-likeness (QED) is 0.423. The number of aliphatic carboxylic acids is 1. The first-order chi connectivity index (χ1) is 17.0. The normalized spacial score (nSPS) is 19.1. The van der Waals surface area contributed by atoms with Crippen LogP contribution in [0.25, 0.3) is 11.1 Å². The van der Waals surface area contributed by atoms with Gasteiger partial charge in [0.25, 0.3) is 0 Å². The molecule has 1 saturated carbocycles. The van der Waals surface area contributed by atoms with Crippen molar-refractivity contribution in [1.29, 1.82) is 0 Å². The fourth-order valence-corrected chi connectivity index (χ4v) is 5.03. The molecule has 0 bridgehead atoms. The lowest BCUT2D eigenvalue weighted by atomic mass is 9.78. The van der Waals surface area contributed by atoms with Gasteiger partial charge >= 0.3 is 12.1 Å². The summed E-state index contributed by atoms with van der Waals surface area (Å²) in [5.74, 6) is -1.20. The van der Waals surface area contributed by atoms with Crippen LogP contribution in [0.3, 0.4) is 0 Å².